The fourth-order valence-corrected chi connectivity index (χ4v) is 9.93. The first-order valence-electron chi connectivity index (χ1n) is 17.9. The molecule has 306 valence electrons. The van der Waals surface area contributed by atoms with Gasteiger partial charge in [0.05, 0.1) is 19.6 Å². The van der Waals surface area contributed by atoms with Crippen LogP contribution in [0.5, 0.6) is 0 Å². The van der Waals surface area contributed by atoms with Gasteiger partial charge in [-0.2, -0.15) is 0 Å². The van der Waals surface area contributed by atoms with Crippen molar-refractivity contribution in [2.24, 2.45) is 20.6 Å². The maximum atomic E-state index is 12.5. The molecule has 0 unspecified atom stereocenters. The lowest BCUT2D eigenvalue weighted by Crippen LogP contribution is -2.39. The van der Waals surface area contributed by atoms with E-state index in [1.54, 1.807) is 48.5 Å². The Morgan fingerprint density at radius 2 is 0.554 bits per heavy atom. The van der Waals surface area contributed by atoms with Crippen LogP contribution in [-0.2, 0) is 65.8 Å². The summed E-state index contributed by atoms with van der Waals surface area (Å²) in [5.74, 6) is 0. The number of nitrogens with zero attached hydrogens (tertiary/aromatic N) is 2. The topological polar surface area (TPSA) is 247 Å². The first-order valence-corrected chi connectivity index (χ1v) is 24.0. The molecule has 8 N–H and O–H groups in total. The van der Waals surface area contributed by atoms with Gasteiger partial charge in [-0.3, -0.25) is 0 Å². The van der Waals surface area contributed by atoms with Crippen LogP contribution in [0.2, 0.25) is 0 Å². The minimum Gasteiger partial charge on any atom is -0.301 e. The Hall–Kier alpha value is -3.56. The van der Waals surface area contributed by atoms with E-state index in [0.29, 0.717) is 87.2 Å². The Balaban J connectivity index is 1.68. The third-order valence-corrected chi connectivity index (χ3v) is 13.7. The largest absolute Gasteiger partial charge is 0.301 e. The summed E-state index contributed by atoms with van der Waals surface area (Å²) < 4.78 is 99.9. The van der Waals surface area contributed by atoms with E-state index in [4.69, 9.17) is 20.6 Å². The van der Waals surface area contributed by atoms with Gasteiger partial charge < -0.3 is 9.80 Å². The van der Waals surface area contributed by atoms with Crippen molar-refractivity contribution in [3.63, 3.8) is 0 Å². The smallest absolute Gasteiger partial charge is 0.238 e. The molecule has 0 aromatic heterocycles. The zero-order valence-electron chi connectivity index (χ0n) is 32.1. The highest BCUT2D eigenvalue weighted by atomic mass is 32.2. The molecular formula is C38H52N6O8S4. The fraction of sp³-hybridized carbons (Fsp3) is 0.368. The van der Waals surface area contributed by atoms with Crippen LogP contribution >= 0.6 is 0 Å². The number of benzene rings is 4. The molecule has 4 aromatic carbocycles. The average Bonchev–Trinajstić information content (AvgIpc) is 3.06. The van der Waals surface area contributed by atoms with Crippen LogP contribution in [0.3, 0.4) is 0 Å². The van der Waals surface area contributed by atoms with Crippen molar-refractivity contribution >= 4 is 40.1 Å². The molecule has 0 fully saturated rings. The maximum absolute atomic E-state index is 12.5. The van der Waals surface area contributed by atoms with Crippen molar-refractivity contribution in [3.8, 4) is 0 Å². The van der Waals surface area contributed by atoms with Crippen molar-refractivity contribution < 1.29 is 33.7 Å². The minimum absolute atomic E-state index is 0.0208. The SMILES string of the molecule is Cc1ccc(S(N)(=O)=O)c(CCN(CCc2cc(C)ccc2S(N)(=O)=O)CCN(CCc2cc(C)ccc2S(N)(=O)=O)CCc2cc(C)ccc2S(N)(=O)=O)c1. The molecule has 18 heteroatoms. The van der Waals surface area contributed by atoms with Crippen LogP contribution in [0.25, 0.3) is 0 Å². The third-order valence-electron chi connectivity index (χ3n) is 9.61. The van der Waals surface area contributed by atoms with Crippen molar-refractivity contribution in [1.29, 1.82) is 0 Å². The predicted octanol–water partition coefficient (Wildman–Crippen LogP) is 2.38. The maximum Gasteiger partial charge on any atom is 0.238 e. The Kier molecular flexibility index (Phi) is 14.8. The van der Waals surface area contributed by atoms with Gasteiger partial charge in [-0.15, -0.1) is 0 Å². The summed E-state index contributed by atoms with van der Waals surface area (Å²) in [6, 6.07) is 19.8. The Labute approximate surface area is 332 Å². The van der Waals surface area contributed by atoms with Crippen LogP contribution in [0.1, 0.15) is 44.5 Å². The minimum atomic E-state index is -4.02. The molecule has 0 aliphatic carbocycles. The summed E-state index contributed by atoms with van der Waals surface area (Å²) >= 11 is 0. The summed E-state index contributed by atoms with van der Waals surface area (Å²) in [5, 5.41) is 22.3. The highest BCUT2D eigenvalue weighted by molar-refractivity contribution is 7.90. The second-order valence-electron chi connectivity index (χ2n) is 14.3. The molecular weight excluding hydrogens is 797 g/mol. The number of rotatable bonds is 19. The van der Waals surface area contributed by atoms with Crippen LogP contribution in [0.15, 0.2) is 92.4 Å². The molecule has 0 spiro atoms. The van der Waals surface area contributed by atoms with Gasteiger partial charge in [-0.1, -0.05) is 70.8 Å². The van der Waals surface area contributed by atoms with Gasteiger partial charge in [0.1, 0.15) is 0 Å². The first-order chi connectivity index (χ1) is 25.9. The molecule has 0 saturated carbocycles. The summed E-state index contributed by atoms with van der Waals surface area (Å²) in [4.78, 5) is 4.25. The number of hydrogen-bond donors (Lipinski definition) is 4. The lowest BCUT2D eigenvalue weighted by molar-refractivity contribution is 0.207. The zero-order chi connectivity index (χ0) is 41.6. The van der Waals surface area contributed by atoms with E-state index in [-0.39, 0.29) is 19.6 Å². The van der Waals surface area contributed by atoms with Crippen molar-refractivity contribution in [1.82, 2.24) is 9.80 Å². The van der Waals surface area contributed by atoms with E-state index in [9.17, 15) is 33.7 Å². The summed E-state index contributed by atoms with van der Waals surface area (Å²) in [6.07, 6.45) is 1.24. The molecule has 0 radical (unpaired) electrons. The third kappa shape index (κ3) is 13.0. The second-order valence-corrected chi connectivity index (χ2v) is 20.4. The molecule has 14 nitrogen and oxygen atoms in total. The summed E-state index contributed by atoms with van der Waals surface area (Å²) in [7, 11) is -16.1. The molecule has 0 aliphatic rings. The second kappa shape index (κ2) is 18.4. The first kappa shape index (κ1) is 45.1. The number of nitrogens with two attached hydrogens (primary N) is 4. The van der Waals surface area contributed by atoms with Gasteiger partial charge in [0.2, 0.25) is 40.1 Å². The van der Waals surface area contributed by atoms with E-state index in [1.807, 2.05) is 27.7 Å². The molecule has 56 heavy (non-hydrogen) atoms. The number of aryl methyl sites for hydroxylation is 4. The van der Waals surface area contributed by atoms with Crippen molar-refractivity contribution in [2.75, 3.05) is 39.3 Å². The summed E-state index contributed by atoms with van der Waals surface area (Å²) in [6.45, 7) is 9.72. The quantitative estimate of drug-likeness (QED) is 0.107. The highest BCUT2D eigenvalue weighted by Crippen LogP contribution is 2.22. The lowest BCUT2D eigenvalue weighted by Gasteiger charge is -2.29. The van der Waals surface area contributed by atoms with Gasteiger partial charge in [0.25, 0.3) is 0 Å². The molecule has 0 saturated heterocycles. The monoisotopic (exact) mass is 848 g/mol. The Morgan fingerprint density at radius 1 is 0.357 bits per heavy atom. The standard InChI is InChI=1S/C38H52N6O8S4/c1-27-5-9-35(53(39,45)46)31(23-27)13-17-43(18-14-32-24-28(2)6-10-36(32)54(40,47)48)21-22-44(19-15-33-25-29(3)7-11-37(33)55(41,49)50)20-16-34-26-30(4)8-12-38(34)56(42,51)52/h5-12,23-26H,13-22H2,1-4H3,(H2,39,45,46)(H2,40,47,48)(H2,41,49,50)(H2,42,51,52). The molecule has 0 aliphatic heterocycles. The van der Waals surface area contributed by atoms with Crippen LogP contribution in [-0.4, -0.2) is 82.7 Å². The number of primary sulfonamides is 4. The molecule has 4 aromatic rings. The van der Waals surface area contributed by atoms with E-state index in [1.165, 1.54) is 24.3 Å². The summed E-state index contributed by atoms with van der Waals surface area (Å²) in [5.41, 5.74) is 5.58. The lowest BCUT2D eigenvalue weighted by atomic mass is 10.1. The van der Waals surface area contributed by atoms with Crippen molar-refractivity contribution in [2.45, 2.75) is 73.0 Å². The van der Waals surface area contributed by atoms with Gasteiger partial charge in [-0.25, -0.2) is 54.2 Å². The Morgan fingerprint density at radius 3 is 0.732 bits per heavy atom. The molecule has 4 rings (SSSR count). The van der Waals surface area contributed by atoms with Crippen molar-refractivity contribution in [3.05, 3.63) is 117 Å². The molecule has 0 bridgehead atoms. The van der Waals surface area contributed by atoms with Crippen LogP contribution in [0.4, 0.5) is 0 Å². The molecule has 0 heterocycles. The van der Waals surface area contributed by atoms with Crippen LogP contribution in [0, 0.1) is 27.7 Å². The van der Waals surface area contributed by atoms with Gasteiger partial charge in [0.15, 0.2) is 0 Å². The van der Waals surface area contributed by atoms with Gasteiger partial charge in [-0.05, 0) is 99.9 Å². The zero-order valence-corrected chi connectivity index (χ0v) is 35.4. The van der Waals surface area contributed by atoms with Gasteiger partial charge >= 0.3 is 0 Å². The number of sulfonamides is 4. The normalized spacial score (nSPS) is 12.8. The van der Waals surface area contributed by atoms with E-state index in [0.717, 1.165) is 22.3 Å². The average molecular weight is 849 g/mol. The molecule has 0 atom stereocenters. The number of hydrogen-bond acceptors (Lipinski definition) is 10. The highest BCUT2D eigenvalue weighted by Gasteiger charge is 2.21. The van der Waals surface area contributed by atoms with E-state index < -0.39 is 40.1 Å². The fourth-order valence-electron chi connectivity index (χ4n) is 6.79. The van der Waals surface area contributed by atoms with Gasteiger partial charge in [0, 0.05) is 39.3 Å². The van der Waals surface area contributed by atoms with Crippen LogP contribution < -0.4 is 20.6 Å². The molecule has 0 amide bonds. The predicted molar refractivity (Wildman–Crippen MR) is 218 cm³/mol. The Bertz CT molecular complexity index is 2160. The van der Waals surface area contributed by atoms with E-state index >= 15 is 0 Å². The van der Waals surface area contributed by atoms with E-state index in [2.05, 4.69) is 9.80 Å².